The summed E-state index contributed by atoms with van der Waals surface area (Å²) in [7, 11) is 1.61. The molecule has 1 aliphatic rings. The van der Waals surface area contributed by atoms with Crippen molar-refractivity contribution >= 4 is 29.3 Å². The van der Waals surface area contributed by atoms with E-state index in [2.05, 4.69) is 10.6 Å². The van der Waals surface area contributed by atoms with E-state index in [4.69, 9.17) is 31.2 Å². The van der Waals surface area contributed by atoms with Gasteiger partial charge >= 0.3 is 0 Å². The minimum Gasteiger partial charge on any atom is -0.493 e. The van der Waals surface area contributed by atoms with E-state index in [1.54, 1.807) is 13.2 Å². The summed E-state index contributed by atoms with van der Waals surface area (Å²) in [6.45, 7) is 3.36. The molecule has 0 bridgehead atoms. The van der Waals surface area contributed by atoms with E-state index in [1.807, 2.05) is 49.4 Å². The number of benzene rings is 2. The van der Waals surface area contributed by atoms with Gasteiger partial charge in [0.1, 0.15) is 5.70 Å². The highest BCUT2D eigenvalue weighted by molar-refractivity contribution is 7.80. The lowest BCUT2D eigenvalue weighted by Gasteiger charge is -2.13. The van der Waals surface area contributed by atoms with Gasteiger partial charge in [0.05, 0.1) is 26.9 Å². The van der Waals surface area contributed by atoms with Crippen LogP contribution < -0.4 is 29.6 Å². The summed E-state index contributed by atoms with van der Waals surface area (Å²) >= 11 is 4.95. The molecule has 8 heteroatoms. The second-order valence-electron chi connectivity index (χ2n) is 6.31. The van der Waals surface area contributed by atoms with E-state index in [1.165, 1.54) is 0 Å². The highest BCUT2D eigenvalue weighted by atomic mass is 32.1. The van der Waals surface area contributed by atoms with Crippen molar-refractivity contribution in [2.24, 2.45) is 0 Å². The zero-order valence-corrected chi connectivity index (χ0v) is 17.7. The van der Waals surface area contributed by atoms with Gasteiger partial charge in [0, 0.05) is 6.42 Å². The van der Waals surface area contributed by atoms with Gasteiger partial charge in [0.2, 0.25) is 0 Å². The van der Waals surface area contributed by atoms with E-state index in [-0.39, 0.29) is 5.91 Å². The molecule has 2 N–H and O–H groups in total. The number of ether oxygens (including phenoxy) is 4. The van der Waals surface area contributed by atoms with Crippen LogP contribution in [0.1, 0.15) is 18.9 Å². The molecule has 3 rings (SSSR count). The van der Waals surface area contributed by atoms with Crippen molar-refractivity contribution in [2.75, 3.05) is 26.9 Å². The number of hydrogen-bond donors (Lipinski definition) is 2. The summed E-state index contributed by atoms with van der Waals surface area (Å²) in [5.41, 5.74) is 1.19. The van der Waals surface area contributed by atoms with Crippen molar-refractivity contribution in [1.82, 2.24) is 10.6 Å². The zero-order chi connectivity index (χ0) is 21.3. The topological polar surface area (TPSA) is 78.1 Å². The summed E-state index contributed by atoms with van der Waals surface area (Å²) < 4.78 is 22.6. The molecule has 0 unspecified atom stereocenters. The Morgan fingerprint density at radius 1 is 0.933 bits per heavy atom. The summed E-state index contributed by atoms with van der Waals surface area (Å²) in [6.07, 6.45) is 2.40. The van der Waals surface area contributed by atoms with Crippen LogP contribution in [-0.2, 0) is 4.79 Å². The molecule has 2 aromatic rings. The van der Waals surface area contributed by atoms with Gasteiger partial charge in [0.15, 0.2) is 28.1 Å². The first-order chi connectivity index (χ1) is 14.6. The van der Waals surface area contributed by atoms with Crippen LogP contribution in [0, 0.1) is 0 Å². The largest absolute Gasteiger partial charge is 0.493 e. The monoisotopic (exact) mass is 428 g/mol. The molecule has 0 aliphatic carbocycles. The van der Waals surface area contributed by atoms with Crippen LogP contribution in [0.2, 0.25) is 0 Å². The molecule has 0 radical (unpaired) electrons. The fraction of sp³-hybridized carbons (Fsp3) is 0.273. The SMILES string of the molecule is CCOc1cc(C=C2NC(=S)NC2=O)ccc1OCCCOc1ccccc1OC. The van der Waals surface area contributed by atoms with Crippen molar-refractivity contribution in [3.63, 3.8) is 0 Å². The Morgan fingerprint density at radius 2 is 1.63 bits per heavy atom. The number of carbonyl (C=O) groups excluding carboxylic acids is 1. The van der Waals surface area contributed by atoms with Gasteiger partial charge in [-0.2, -0.15) is 0 Å². The maximum atomic E-state index is 11.8. The minimum absolute atomic E-state index is 0.256. The number of hydrogen-bond acceptors (Lipinski definition) is 6. The third kappa shape index (κ3) is 5.64. The van der Waals surface area contributed by atoms with Gasteiger partial charge in [-0.3, -0.25) is 10.1 Å². The maximum absolute atomic E-state index is 11.8. The Hall–Kier alpha value is -3.26. The number of carbonyl (C=O) groups is 1. The molecule has 158 valence electrons. The van der Waals surface area contributed by atoms with E-state index in [0.717, 1.165) is 5.56 Å². The molecule has 2 aromatic carbocycles. The third-order valence-corrected chi connectivity index (χ3v) is 4.38. The van der Waals surface area contributed by atoms with Gasteiger partial charge < -0.3 is 24.3 Å². The third-order valence-electron chi connectivity index (χ3n) is 4.17. The van der Waals surface area contributed by atoms with Crippen LogP contribution in [0.4, 0.5) is 0 Å². The van der Waals surface area contributed by atoms with Crippen molar-refractivity contribution in [3.05, 3.63) is 53.7 Å². The number of para-hydroxylation sites is 2. The lowest BCUT2D eigenvalue weighted by molar-refractivity contribution is -0.115. The summed E-state index contributed by atoms with van der Waals surface area (Å²) in [5, 5.41) is 5.66. The minimum atomic E-state index is -0.256. The molecule has 0 atom stereocenters. The smallest absolute Gasteiger partial charge is 0.273 e. The molecule has 1 fully saturated rings. The summed E-state index contributed by atoms with van der Waals surface area (Å²) in [6, 6.07) is 13.0. The van der Waals surface area contributed by atoms with Gasteiger partial charge in [0.25, 0.3) is 5.91 Å². The van der Waals surface area contributed by atoms with Crippen molar-refractivity contribution < 1.29 is 23.7 Å². The quantitative estimate of drug-likeness (QED) is 0.342. The Morgan fingerprint density at radius 3 is 2.27 bits per heavy atom. The summed E-state index contributed by atoms with van der Waals surface area (Å²) in [4.78, 5) is 11.8. The molecule has 7 nitrogen and oxygen atoms in total. The Bertz CT molecular complexity index is 945. The average Bonchev–Trinajstić information content (AvgIpc) is 3.06. The maximum Gasteiger partial charge on any atom is 0.273 e. The van der Waals surface area contributed by atoms with E-state index < -0.39 is 0 Å². The van der Waals surface area contributed by atoms with Gasteiger partial charge in [-0.05, 0) is 55.0 Å². The normalized spacial score (nSPS) is 14.3. The number of nitrogens with one attached hydrogen (secondary N) is 2. The first-order valence-electron chi connectivity index (χ1n) is 9.60. The lowest BCUT2D eigenvalue weighted by atomic mass is 10.1. The number of methoxy groups -OCH3 is 1. The predicted molar refractivity (Wildman–Crippen MR) is 118 cm³/mol. The second kappa shape index (κ2) is 10.5. The van der Waals surface area contributed by atoms with Crippen LogP contribution >= 0.6 is 12.2 Å². The van der Waals surface area contributed by atoms with Crippen molar-refractivity contribution in [3.8, 4) is 23.0 Å². The van der Waals surface area contributed by atoms with Crippen LogP contribution in [-0.4, -0.2) is 38.0 Å². The molecular formula is C22H24N2O5S. The molecule has 1 aliphatic heterocycles. The molecule has 0 aromatic heterocycles. The van der Waals surface area contributed by atoms with Gasteiger partial charge in [-0.15, -0.1) is 0 Å². The number of thiocarbonyl (C=S) groups is 1. The second-order valence-corrected chi connectivity index (χ2v) is 6.72. The van der Waals surface area contributed by atoms with Gasteiger partial charge in [-0.25, -0.2) is 0 Å². The average molecular weight is 429 g/mol. The first-order valence-corrected chi connectivity index (χ1v) is 10.0. The molecule has 30 heavy (non-hydrogen) atoms. The highest BCUT2D eigenvalue weighted by Gasteiger charge is 2.20. The Balaban J connectivity index is 1.57. The Labute approximate surface area is 181 Å². The van der Waals surface area contributed by atoms with Crippen LogP contribution in [0.5, 0.6) is 23.0 Å². The number of rotatable bonds is 10. The Kier molecular flexibility index (Phi) is 7.51. The zero-order valence-electron chi connectivity index (χ0n) is 16.9. The lowest BCUT2D eigenvalue weighted by Crippen LogP contribution is -2.21. The molecule has 1 saturated heterocycles. The van der Waals surface area contributed by atoms with Gasteiger partial charge in [-0.1, -0.05) is 18.2 Å². The van der Waals surface area contributed by atoms with Crippen molar-refractivity contribution in [2.45, 2.75) is 13.3 Å². The highest BCUT2D eigenvalue weighted by Crippen LogP contribution is 2.30. The van der Waals surface area contributed by atoms with E-state index >= 15 is 0 Å². The van der Waals surface area contributed by atoms with Crippen LogP contribution in [0.15, 0.2) is 48.2 Å². The van der Waals surface area contributed by atoms with E-state index in [0.29, 0.717) is 60.0 Å². The molecule has 0 saturated carbocycles. The number of amides is 1. The van der Waals surface area contributed by atoms with Crippen LogP contribution in [0.25, 0.3) is 6.08 Å². The van der Waals surface area contributed by atoms with Crippen molar-refractivity contribution in [1.29, 1.82) is 0 Å². The summed E-state index contributed by atoms with van der Waals surface area (Å²) in [5.74, 6) is 2.40. The molecular weight excluding hydrogens is 404 g/mol. The van der Waals surface area contributed by atoms with E-state index in [9.17, 15) is 4.79 Å². The standard InChI is InChI=1S/C22H24N2O5S/c1-3-27-20-14-15(13-16-21(25)24-22(30)23-16)9-10-19(20)29-12-6-11-28-18-8-5-4-7-17(18)26-2/h4-5,7-10,13-14H,3,6,11-12H2,1-2H3,(H2,23,24,25,30). The molecule has 1 heterocycles. The fourth-order valence-corrected chi connectivity index (χ4v) is 3.01. The predicted octanol–water partition coefficient (Wildman–Crippen LogP) is 3.29. The first kappa shape index (κ1) is 21.4. The molecule has 1 amide bonds. The van der Waals surface area contributed by atoms with Crippen LogP contribution in [0.3, 0.4) is 0 Å². The fourth-order valence-electron chi connectivity index (χ4n) is 2.81. The molecule has 0 spiro atoms.